The largest absolute Gasteiger partial charge is 0.474 e. The molecule has 1 aromatic heterocycles. The van der Waals surface area contributed by atoms with Crippen molar-refractivity contribution in [2.75, 3.05) is 7.05 Å². The van der Waals surface area contributed by atoms with Crippen LogP contribution in [-0.2, 0) is 6.54 Å². The number of aliphatic imine (C=N–C) groups is 1. The van der Waals surface area contributed by atoms with Crippen LogP contribution in [-0.4, -0.2) is 30.1 Å². The number of rotatable bonds is 6. The van der Waals surface area contributed by atoms with E-state index in [0.29, 0.717) is 18.7 Å². The Bertz CT molecular complexity index is 498. The number of hydrogen-bond acceptors (Lipinski definition) is 3. The summed E-state index contributed by atoms with van der Waals surface area (Å²) >= 11 is 0. The number of nitrogens with one attached hydrogen (secondary N) is 2. The molecule has 1 aliphatic carbocycles. The fourth-order valence-corrected chi connectivity index (χ4v) is 2.69. The highest BCUT2D eigenvalue weighted by Gasteiger charge is 2.15. The first-order valence-electron chi connectivity index (χ1n) is 8.80. The van der Waals surface area contributed by atoms with Gasteiger partial charge >= 0.3 is 0 Å². The van der Waals surface area contributed by atoms with Crippen LogP contribution in [0.25, 0.3) is 0 Å². The number of hydrogen-bond donors (Lipinski definition) is 2. The van der Waals surface area contributed by atoms with Gasteiger partial charge in [-0.05, 0) is 50.7 Å². The number of nitrogens with zero attached hydrogens (tertiary/aromatic N) is 2. The van der Waals surface area contributed by atoms with Gasteiger partial charge in [0.25, 0.3) is 0 Å². The van der Waals surface area contributed by atoms with Crippen LogP contribution in [0.4, 0.5) is 0 Å². The Hall–Kier alpha value is -1.78. The predicted octanol–water partition coefficient (Wildman–Crippen LogP) is 3.26. The van der Waals surface area contributed by atoms with Crippen LogP contribution in [0, 0.1) is 0 Å². The average Bonchev–Trinajstić information content (AvgIpc) is 2.59. The van der Waals surface area contributed by atoms with Crippen molar-refractivity contribution in [3.63, 3.8) is 0 Å². The Labute approximate surface area is 139 Å². The average molecular weight is 318 g/mol. The lowest BCUT2D eigenvalue weighted by Gasteiger charge is -2.22. The van der Waals surface area contributed by atoms with Gasteiger partial charge in [-0.1, -0.05) is 13.3 Å². The minimum atomic E-state index is 0.333. The maximum absolute atomic E-state index is 6.03. The Kier molecular flexibility index (Phi) is 7.17. The zero-order chi connectivity index (χ0) is 16.5. The van der Waals surface area contributed by atoms with E-state index in [1.54, 1.807) is 7.05 Å². The maximum Gasteiger partial charge on any atom is 0.213 e. The quantitative estimate of drug-likeness (QED) is 0.624. The third kappa shape index (κ3) is 6.08. The Balaban J connectivity index is 1.86. The van der Waals surface area contributed by atoms with Gasteiger partial charge in [-0.15, -0.1) is 0 Å². The van der Waals surface area contributed by atoms with Gasteiger partial charge < -0.3 is 15.4 Å². The summed E-state index contributed by atoms with van der Waals surface area (Å²) < 4.78 is 6.03. The van der Waals surface area contributed by atoms with Gasteiger partial charge in [0.05, 0.1) is 0 Å². The molecular weight excluding hydrogens is 288 g/mol. The van der Waals surface area contributed by atoms with E-state index in [9.17, 15) is 0 Å². The first-order chi connectivity index (χ1) is 11.2. The molecule has 1 atom stereocenters. The van der Waals surface area contributed by atoms with Crippen LogP contribution in [0.2, 0.25) is 0 Å². The molecule has 5 nitrogen and oxygen atoms in total. The fraction of sp³-hybridized carbons (Fsp3) is 0.667. The monoisotopic (exact) mass is 318 g/mol. The minimum Gasteiger partial charge on any atom is -0.474 e. The standard InChI is InChI=1S/C18H30N4O/c1-4-14(2)22-18(19-3)21-13-15-10-11-20-17(12-15)23-16-8-6-5-7-9-16/h10-12,14,16H,4-9,13H2,1-3H3,(H2,19,21,22). The van der Waals surface area contributed by atoms with Crippen molar-refractivity contribution < 1.29 is 4.74 Å². The zero-order valence-corrected chi connectivity index (χ0v) is 14.6. The molecule has 1 fully saturated rings. The second kappa shape index (κ2) is 9.38. The molecule has 0 aliphatic heterocycles. The molecule has 23 heavy (non-hydrogen) atoms. The van der Waals surface area contributed by atoms with E-state index in [0.717, 1.165) is 36.7 Å². The molecule has 0 radical (unpaired) electrons. The van der Waals surface area contributed by atoms with Gasteiger partial charge in [0.15, 0.2) is 5.96 Å². The van der Waals surface area contributed by atoms with Crippen LogP contribution in [0.1, 0.15) is 57.9 Å². The highest BCUT2D eigenvalue weighted by Crippen LogP contribution is 2.22. The van der Waals surface area contributed by atoms with E-state index < -0.39 is 0 Å². The summed E-state index contributed by atoms with van der Waals surface area (Å²) in [5.41, 5.74) is 1.15. The molecule has 0 bridgehead atoms. The normalized spacial score (nSPS) is 17.6. The Morgan fingerprint density at radius 3 is 2.87 bits per heavy atom. The number of guanidine groups is 1. The lowest BCUT2D eigenvalue weighted by atomic mass is 9.98. The van der Waals surface area contributed by atoms with E-state index in [1.165, 1.54) is 19.3 Å². The first-order valence-corrected chi connectivity index (χ1v) is 8.80. The molecule has 1 aliphatic rings. The molecule has 0 spiro atoms. The van der Waals surface area contributed by atoms with E-state index in [4.69, 9.17) is 4.74 Å². The summed E-state index contributed by atoms with van der Waals surface area (Å²) in [6.07, 6.45) is 9.38. The van der Waals surface area contributed by atoms with Crippen molar-refractivity contribution in [3.05, 3.63) is 23.9 Å². The fourth-order valence-electron chi connectivity index (χ4n) is 2.69. The van der Waals surface area contributed by atoms with E-state index in [-0.39, 0.29) is 0 Å². The van der Waals surface area contributed by atoms with Crippen molar-refractivity contribution in [2.45, 2.75) is 71.1 Å². The van der Waals surface area contributed by atoms with Gasteiger partial charge in [0.1, 0.15) is 6.10 Å². The van der Waals surface area contributed by atoms with Crippen molar-refractivity contribution in [1.82, 2.24) is 15.6 Å². The van der Waals surface area contributed by atoms with Crippen LogP contribution < -0.4 is 15.4 Å². The maximum atomic E-state index is 6.03. The molecule has 1 aromatic rings. The highest BCUT2D eigenvalue weighted by atomic mass is 16.5. The molecule has 2 rings (SSSR count). The van der Waals surface area contributed by atoms with Crippen molar-refractivity contribution in [1.29, 1.82) is 0 Å². The van der Waals surface area contributed by atoms with Crippen molar-refractivity contribution >= 4 is 5.96 Å². The summed E-state index contributed by atoms with van der Waals surface area (Å²) in [7, 11) is 1.79. The van der Waals surface area contributed by atoms with E-state index >= 15 is 0 Å². The van der Waals surface area contributed by atoms with Gasteiger partial charge in [-0.25, -0.2) is 4.98 Å². The molecule has 0 saturated heterocycles. The van der Waals surface area contributed by atoms with Gasteiger partial charge in [-0.2, -0.15) is 0 Å². The summed E-state index contributed by atoms with van der Waals surface area (Å²) in [6.45, 7) is 5.01. The number of aromatic nitrogens is 1. The van der Waals surface area contributed by atoms with Crippen LogP contribution in [0.5, 0.6) is 5.88 Å². The topological polar surface area (TPSA) is 58.5 Å². The van der Waals surface area contributed by atoms with Crippen LogP contribution in [0.3, 0.4) is 0 Å². The molecule has 1 unspecified atom stereocenters. The Morgan fingerprint density at radius 1 is 1.39 bits per heavy atom. The minimum absolute atomic E-state index is 0.333. The molecule has 0 aromatic carbocycles. The Morgan fingerprint density at radius 2 is 2.17 bits per heavy atom. The smallest absolute Gasteiger partial charge is 0.213 e. The lowest BCUT2D eigenvalue weighted by molar-refractivity contribution is 0.148. The summed E-state index contributed by atoms with van der Waals surface area (Å²) in [5, 5.41) is 6.70. The van der Waals surface area contributed by atoms with E-state index in [1.807, 2.05) is 18.3 Å². The molecule has 128 valence electrons. The van der Waals surface area contributed by atoms with Crippen LogP contribution in [0.15, 0.2) is 23.3 Å². The van der Waals surface area contributed by atoms with Gasteiger partial charge in [0.2, 0.25) is 5.88 Å². The van der Waals surface area contributed by atoms with Gasteiger partial charge in [0, 0.05) is 31.9 Å². The highest BCUT2D eigenvalue weighted by molar-refractivity contribution is 5.79. The zero-order valence-electron chi connectivity index (χ0n) is 14.6. The van der Waals surface area contributed by atoms with Crippen molar-refractivity contribution in [3.8, 4) is 5.88 Å². The SMILES string of the molecule is CCC(C)NC(=NC)NCc1ccnc(OC2CCCCC2)c1. The lowest BCUT2D eigenvalue weighted by Crippen LogP contribution is -2.41. The number of pyridine rings is 1. The molecular formula is C18H30N4O. The molecule has 5 heteroatoms. The molecule has 2 N–H and O–H groups in total. The number of ether oxygens (including phenoxy) is 1. The third-order valence-electron chi connectivity index (χ3n) is 4.32. The van der Waals surface area contributed by atoms with Gasteiger partial charge in [-0.3, -0.25) is 4.99 Å². The summed E-state index contributed by atoms with van der Waals surface area (Å²) in [4.78, 5) is 8.60. The first kappa shape index (κ1) is 17.6. The molecule has 1 saturated carbocycles. The van der Waals surface area contributed by atoms with Crippen LogP contribution >= 0.6 is 0 Å². The summed E-state index contributed by atoms with van der Waals surface area (Å²) in [5.74, 6) is 1.56. The molecule has 0 amide bonds. The predicted molar refractivity (Wildman–Crippen MR) is 94.8 cm³/mol. The second-order valence-electron chi connectivity index (χ2n) is 6.26. The molecule has 1 heterocycles. The summed E-state index contributed by atoms with van der Waals surface area (Å²) in [6, 6.07) is 4.44. The third-order valence-corrected chi connectivity index (χ3v) is 4.32. The van der Waals surface area contributed by atoms with Crippen molar-refractivity contribution in [2.24, 2.45) is 4.99 Å². The van der Waals surface area contributed by atoms with E-state index in [2.05, 4.69) is 34.5 Å². The second-order valence-corrected chi connectivity index (χ2v) is 6.26.